The first-order valence-corrected chi connectivity index (χ1v) is 11.2. The van der Waals surface area contributed by atoms with Crippen LogP contribution < -0.4 is 5.73 Å². The number of nitrogens with two attached hydrogens (primary N) is 1. The van der Waals surface area contributed by atoms with Crippen LogP contribution in [0.4, 0.5) is 5.82 Å². The van der Waals surface area contributed by atoms with Gasteiger partial charge in [-0.2, -0.15) is 0 Å². The number of rotatable bonds is 4. The minimum Gasteiger partial charge on any atom is -0.383 e. The van der Waals surface area contributed by atoms with Crippen molar-refractivity contribution in [2.24, 2.45) is 5.92 Å². The first kappa shape index (κ1) is 19.3. The van der Waals surface area contributed by atoms with Crippen LogP contribution in [0, 0.1) is 5.92 Å². The molecule has 142 valence electrons. The topological polar surface area (TPSA) is 61.0 Å². The van der Waals surface area contributed by atoms with Crippen molar-refractivity contribution < 1.29 is 4.74 Å². The third-order valence-electron chi connectivity index (χ3n) is 4.69. The van der Waals surface area contributed by atoms with Crippen LogP contribution in [-0.2, 0) is 23.5 Å². The normalized spacial score (nSPS) is 16.9. The Bertz CT molecular complexity index is 1010. The molecule has 1 aliphatic heterocycles. The molecule has 0 saturated heterocycles. The van der Waals surface area contributed by atoms with Gasteiger partial charge in [0.05, 0.1) is 18.1 Å². The molecule has 27 heavy (non-hydrogen) atoms. The van der Waals surface area contributed by atoms with Crippen LogP contribution >= 0.6 is 46.3 Å². The Labute approximate surface area is 176 Å². The van der Waals surface area contributed by atoms with Crippen molar-refractivity contribution in [2.45, 2.75) is 43.9 Å². The first-order valence-electron chi connectivity index (χ1n) is 8.68. The fourth-order valence-corrected chi connectivity index (χ4v) is 5.76. The van der Waals surface area contributed by atoms with Crippen molar-refractivity contribution in [1.82, 2.24) is 9.97 Å². The summed E-state index contributed by atoms with van der Waals surface area (Å²) in [5, 5.41) is 2.93. The number of nitrogen functional groups attached to an aromatic ring is 1. The smallest absolute Gasteiger partial charge is 0.191 e. The second kappa shape index (κ2) is 7.76. The summed E-state index contributed by atoms with van der Waals surface area (Å²) in [4.78, 5) is 11.4. The molecule has 0 bridgehead atoms. The minimum absolute atomic E-state index is 0.218. The molecule has 4 rings (SSSR count). The third kappa shape index (κ3) is 3.91. The number of fused-ring (bicyclic) bond motifs is 3. The molecule has 0 saturated carbocycles. The average molecular weight is 440 g/mol. The zero-order valence-electron chi connectivity index (χ0n) is 15.0. The Kier molecular flexibility index (Phi) is 5.54. The molecule has 0 fully saturated rings. The van der Waals surface area contributed by atoms with E-state index in [1.54, 1.807) is 17.4 Å². The quantitative estimate of drug-likeness (QED) is 0.400. The maximum atomic E-state index is 6.32. The number of aromatic nitrogens is 2. The number of ether oxygens (including phenoxy) is 1. The molecule has 4 nitrogen and oxygen atoms in total. The summed E-state index contributed by atoms with van der Waals surface area (Å²) >= 11 is 15.4. The van der Waals surface area contributed by atoms with E-state index >= 15 is 0 Å². The van der Waals surface area contributed by atoms with E-state index in [-0.39, 0.29) is 6.10 Å². The summed E-state index contributed by atoms with van der Waals surface area (Å²) in [6.45, 7) is 4.99. The Morgan fingerprint density at radius 1 is 1.33 bits per heavy atom. The van der Waals surface area contributed by atoms with Gasteiger partial charge in [-0.1, -0.05) is 54.9 Å². The van der Waals surface area contributed by atoms with Gasteiger partial charge in [0.2, 0.25) is 0 Å². The van der Waals surface area contributed by atoms with E-state index in [9.17, 15) is 0 Å². The molecular formula is C19H19Cl2N3OS2. The fourth-order valence-electron chi connectivity index (χ4n) is 3.16. The van der Waals surface area contributed by atoms with Gasteiger partial charge in [-0.05, 0) is 29.2 Å². The van der Waals surface area contributed by atoms with Crippen molar-refractivity contribution >= 4 is 62.3 Å². The first-order chi connectivity index (χ1) is 12.9. The van der Waals surface area contributed by atoms with Gasteiger partial charge in [0.25, 0.3) is 0 Å². The van der Waals surface area contributed by atoms with Crippen molar-refractivity contribution in [2.75, 3.05) is 5.73 Å². The molecule has 0 amide bonds. The third-order valence-corrected chi connectivity index (χ3v) is 7.27. The highest BCUT2D eigenvalue weighted by Crippen LogP contribution is 2.39. The van der Waals surface area contributed by atoms with Crippen LogP contribution in [0.25, 0.3) is 10.2 Å². The number of thioether (sulfide) groups is 1. The standard InChI is InChI=1S/C19H19Cl2N3OS2/c1-9(2)14-6-12-15(7-25-14)27-18-16(12)17(22)23-19(24-18)26-8-10-3-4-11(20)5-13(10)21/h3-5,9,14H,6-8H2,1-2H3,(H2,22,23,24). The van der Waals surface area contributed by atoms with Gasteiger partial charge in [0.15, 0.2) is 5.16 Å². The maximum absolute atomic E-state index is 6.32. The summed E-state index contributed by atoms with van der Waals surface area (Å²) in [5.41, 5.74) is 8.58. The van der Waals surface area contributed by atoms with E-state index in [0.29, 0.717) is 39.3 Å². The molecule has 2 aromatic heterocycles. The molecule has 2 N–H and O–H groups in total. The van der Waals surface area contributed by atoms with Gasteiger partial charge in [0, 0.05) is 27.1 Å². The molecule has 0 radical (unpaired) electrons. The highest BCUT2D eigenvalue weighted by atomic mass is 35.5. The molecule has 1 aromatic carbocycles. The van der Waals surface area contributed by atoms with Gasteiger partial charge >= 0.3 is 0 Å². The van der Waals surface area contributed by atoms with E-state index in [4.69, 9.17) is 38.7 Å². The predicted octanol–water partition coefficient (Wildman–Crippen LogP) is 5.97. The molecule has 1 aliphatic rings. The fraction of sp³-hybridized carbons (Fsp3) is 0.368. The number of nitrogens with zero attached hydrogens (tertiary/aromatic N) is 2. The van der Waals surface area contributed by atoms with Crippen LogP contribution in [0.1, 0.15) is 29.9 Å². The Morgan fingerprint density at radius 2 is 2.15 bits per heavy atom. The number of halogens is 2. The lowest BCUT2D eigenvalue weighted by atomic mass is 9.96. The van der Waals surface area contributed by atoms with Crippen LogP contribution in [0.15, 0.2) is 23.4 Å². The zero-order valence-corrected chi connectivity index (χ0v) is 18.1. The van der Waals surface area contributed by atoms with E-state index in [1.807, 2.05) is 12.1 Å². The van der Waals surface area contributed by atoms with Gasteiger partial charge in [-0.3, -0.25) is 0 Å². The lowest BCUT2D eigenvalue weighted by molar-refractivity contribution is 0.00203. The average Bonchev–Trinajstić information content (AvgIpc) is 2.98. The molecule has 1 atom stereocenters. The second-order valence-electron chi connectivity index (χ2n) is 6.90. The van der Waals surface area contributed by atoms with Crippen LogP contribution in [0.5, 0.6) is 0 Å². The maximum Gasteiger partial charge on any atom is 0.191 e. The summed E-state index contributed by atoms with van der Waals surface area (Å²) in [6, 6.07) is 5.50. The molecule has 0 aliphatic carbocycles. The summed E-state index contributed by atoms with van der Waals surface area (Å²) in [5.74, 6) is 1.67. The predicted molar refractivity (Wildman–Crippen MR) is 115 cm³/mol. The molecule has 8 heteroatoms. The number of hydrogen-bond donors (Lipinski definition) is 1. The van der Waals surface area contributed by atoms with Crippen molar-refractivity contribution in [1.29, 1.82) is 0 Å². The van der Waals surface area contributed by atoms with Crippen LogP contribution in [0.3, 0.4) is 0 Å². The molecule has 3 heterocycles. The van der Waals surface area contributed by atoms with E-state index in [1.165, 1.54) is 22.2 Å². The number of thiophene rings is 1. The molecule has 3 aromatic rings. The van der Waals surface area contributed by atoms with Crippen molar-refractivity contribution in [3.8, 4) is 0 Å². The summed E-state index contributed by atoms with van der Waals surface area (Å²) in [6.07, 6.45) is 1.09. The lowest BCUT2D eigenvalue weighted by Crippen LogP contribution is -2.26. The van der Waals surface area contributed by atoms with Gasteiger partial charge < -0.3 is 10.5 Å². The van der Waals surface area contributed by atoms with Crippen LogP contribution in [-0.4, -0.2) is 16.1 Å². The van der Waals surface area contributed by atoms with Crippen LogP contribution in [0.2, 0.25) is 10.0 Å². The van der Waals surface area contributed by atoms with E-state index < -0.39 is 0 Å². The highest BCUT2D eigenvalue weighted by molar-refractivity contribution is 7.98. The molecule has 0 spiro atoms. The number of anilines is 1. The number of benzene rings is 1. The monoisotopic (exact) mass is 439 g/mol. The Balaban J connectivity index is 1.61. The SMILES string of the molecule is CC(C)C1Cc2c(sc3nc(SCc4ccc(Cl)cc4Cl)nc(N)c23)CO1. The van der Waals surface area contributed by atoms with E-state index in [0.717, 1.165) is 22.2 Å². The van der Waals surface area contributed by atoms with Crippen molar-refractivity contribution in [3.05, 3.63) is 44.2 Å². The largest absolute Gasteiger partial charge is 0.383 e. The van der Waals surface area contributed by atoms with E-state index in [2.05, 4.69) is 18.8 Å². The van der Waals surface area contributed by atoms with Crippen molar-refractivity contribution in [3.63, 3.8) is 0 Å². The summed E-state index contributed by atoms with van der Waals surface area (Å²) in [7, 11) is 0. The summed E-state index contributed by atoms with van der Waals surface area (Å²) < 4.78 is 5.98. The van der Waals surface area contributed by atoms with Gasteiger partial charge in [0.1, 0.15) is 10.6 Å². The highest BCUT2D eigenvalue weighted by Gasteiger charge is 2.27. The zero-order chi connectivity index (χ0) is 19.1. The molecule has 1 unspecified atom stereocenters. The number of hydrogen-bond acceptors (Lipinski definition) is 6. The Hall–Kier alpha value is -1.05. The van der Waals surface area contributed by atoms with Gasteiger partial charge in [-0.15, -0.1) is 11.3 Å². The second-order valence-corrected chi connectivity index (χ2v) is 9.77. The minimum atomic E-state index is 0.218. The molecular weight excluding hydrogens is 421 g/mol. The van der Waals surface area contributed by atoms with Gasteiger partial charge in [-0.25, -0.2) is 9.97 Å². The lowest BCUT2D eigenvalue weighted by Gasteiger charge is -2.26. The Morgan fingerprint density at radius 3 is 2.89 bits per heavy atom.